The van der Waals surface area contributed by atoms with Crippen LogP contribution in [-0.2, 0) is 0 Å². The molecule has 1 aromatic rings. The number of hydrogen-bond donors (Lipinski definition) is 1. The lowest BCUT2D eigenvalue weighted by atomic mass is 9.99. The van der Waals surface area contributed by atoms with Crippen LogP contribution < -0.4 is 10.1 Å². The molecule has 1 atom stereocenters. The third-order valence-electron chi connectivity index (χ3n) is 3.58. The Morgan fingerprint density at radius 3 is 2.60 bits per heavy atom. The second-order valence-electron chi connectivity index (χ2n) is 5.22. The van der Waals surface area contributed by atoms with Gasteiger partial charge in [-0.25, -0.2) is 4.39 Å². The molecule has 20 heavy (non-hydrogen) atoms. The summed E-state index contributed by atoms with van der Waals surface area (Å²) in [7, 11) is 1.51. The molecule has 0 bridgehead atoms. The summed E-state index contributed by atoms with van der Waals surface area (Å²) < 4.78 is 19.4. The van der Waals surface area contributed by atoms with E-state index in [9.17, 15) is 4.39 Å². The van der Waals surface area contributed by atoms with Crippen molar-refractivity contribution in [2.24, 2.45) is 0 Å². The summed E-state index contributed by atoms with van der Waals surface area (Å²) in [5, 5.41) is 3.46. The van der Waals surface area contributed by atoms with Gasteiger partial charge in [0, 0.05) is 11.6 Å². The summed E-state index contributed by atoms with van der Waals surface area (Å²) in [6.45, 7) is 5.24. The van der Waals surface area contributed by atoms with Crippen LogP contribution in [0.15, 0.2) is 18.2 Å². The highest BCUT2D eigenvalue weighted by Gasteiger charge is 2.17. The second kappa shape index (κ2) is 9.76. The first-order valence-electron chi connectivity index (χ1n) is 7.80. The SMILES string of the molecule is CCCCCCC(NCCC)c1cccc(OC)c1F. The Kier molecular flexibility index (Phi) is 8.28. The lowest BCUT2D eigenvalue weighted by molar-refractivity contribution is 0.376. The average molecular weight is 281 g/mol. The molecule has 0 saturated heterocycles. The van der Waals surface area contributed by atoms with E-state index in [2.05, 4.69) is 19.2 Å². The fourth-order valence-corrected chi connectivity index (χ4v) is 2.42. The normalized spacial score (nSPS) is 12.4. The monoisotopic (exact) mass is 281 g/mol. The molecule has 0 saturated carbocycles. The van der Waals surface area contributed by atoms with Gasteiger partial charge in [-0.2, -0.15) is 0 Å². The lowest BCUT2D eigenvalue weighted by Gasteiger charge is -2.20. The van der Waals surface area contributed by atoms with Crippen LogP contribution in [0.2, 0.25) is 0 Å². The standard InChI is InChI=1S/C17H28FNO/c1-4-6-7-8-11-15(19-13-5-2)14-10-9-12-16(20-3)17(14)18/h9-10,12,15,19H,4-8,11,13H2,1-3H3. The molecule has 0 heterocycles. The summed E-state index contributed by atoms with van der Waals surface area (Å²) >= 11 is 0. The van der Waals surface area contributed by atoms with Crippen LogP contribution in [0, 0.1) is 5.82 Å². The van der Waals surface area contributed by atoms with Crippen LogP contribution in [0.1, 0.15) is 64.0 Å². The van der Waals surface area contributed by atoms with E-state index in [0.29, 0.717) is 5.75 Å². The summed E-state index contributed by atoms with van der Waals surface area (Å²) in [4.78, 5) is 0. The van der Waals surface area contributed by atoms with E-state index in [-0.39, 0.29) is 11.9 Å². The molecule has 1 aromatic carbocycles. The quantitative estimate of drug-likeness (QED) is 0.619. The topological polar surface area (TPSA) is 21.3 Å². The maximum atomic E-state index is 14.4. The molecule has 0 radical (unpaired) electrons. The Labute approximate surface area is 122 Å². The van der Waals surface area contributed by atoms with Crippen molar-refractivity contribution in [2.75, 3.05) is 13.7 Å². The molecule has 0 aliphatic carbocycles. The van der Waals surface area contributed by atoms with Crippen molar-refractivity contribution < 1.29 is 9.13 Å². The summed E-state index contributed by atoms with van der Waals surface area (Å²) in [5.74, 6) is 0.110. The van der Waals surface area contributed by atoms with Crippen LogP contribution in [0.5, 0.6) is 5.75 Å². The molecule has 0 spiro atoms. The molecule has 0 fully saturated rings. The minimum atomic E-state index is -0.223. The number of hydrogen-bond acceptors (Lipinski definition) is 2. The molecule has 3 heteroatoms. The number of benzene rings is 1. The van der Waals surface area contributed by atoms with E-state index in [0.717, 1.165) is 31.4 Å². The molecule has 0 aromatic heterocycles. The fraction of sp³-hybridized carbons (Fsp3) is 0.647. The highest BCUT2D eigenvalue weighted by atomic mass is 19.1. The molecule has 0 aliphatic heterocycles. The molecule has 0 aliphatic rings. The van der Waals surface area contributed by atoms with Crippen LogP contribution >= 0.6 is 0 Å². The lowest BCUT2D eigenvalue weighted by Crippen LogP contribution is -2.23. The first-order valence-corrected chi connectivity index (χ1v) is 7.80. The Balaban J connectivity index is 2.75. The minimum absolute atomic E-state index is 0.0851. The molecule has 1 rings (SSSR count). The van der Waals surface area contributed by atoms with Gasteiger partial charge in [-0.05, 0) is 25.5 Å². The maximum absolute atomic E-state index is 14.4. The van der Waals surface area contributed by atoms with E-state index in [1.807, 2.05) is 12.1 Å². The number of ether oxygens (including phenoxy) is 1. The number of rotatable bonds is 10. The molecule has 114 valence electrons. The highest BCUT2D eigenvalue weighted by Crippen LogP contribution is 2.28. The van der Waals surface area contributed by atoms with Crippen molar-refractivity contribution in [1.82, 2.24) is 5.32 Å². The zero-order valence-corrected chi connectivity index (χ0v) is 13.0. The predicted molar refractivity (Wildman–Crippen MR) is 82.7 cm³/mol. The first-order chi connectivity index (χ1) is 9.74. The third kappa shape index (κ3) is 5.12. The van der Waals surface area contributed by atoms with Gasteiger partial charge >= 0.3 is 0 Å². The first kappa shape index (κ1) is 17.0. The van der Waals surface area contributed by atoms with Crippen molar-refractivity contribution in [3.05, 3.63) is 29.6 Å². The van der Waals surface area contributed by atoms with Gasteiger partial charge in [-0.3, -0.25) is 0 Å². The van der Waals surface area contributed by atoms with Crippen LogP contribution in [-0.4, -0.2) is 13.7 Å². The highest BCUT2D eigenvalue weighted by molar-refractivity contribution is 5.33. The number of methoxy groups -OCH3 is 1. The van der Waals surface area contributed by atoms with Gasteiger partial charge in [0.1, 0.15) is 0 Å². The molecule has 1 N–H and O–H groups in total. The number of nitrogens with one attached hydrogen (secondary N) is 1. The zero-order valence-electron chi connectivity index (χ0n) is 13.0. The van der Waals surface area contributed by atoms with E-state index in [4.69, 9.17) is 4.74 Å². The smallest absolute Gasteiger partial charge is 0.169 e. The van der Waals surface area contributed by atoms with E-state index in [1.54, 1.807) is 6.07 Å². The molecular weight excluding hydrogens is 253 g/mol. The molecular formula is C17H28FNO. The van der Waals surface area contributed by atoms with Gasteiger partial charge in [0.15, 0.2) is 11.6 Å². The van der Waals surface area contributed by atoms with Gasteiger partial charge in [-0.15, -0.1) is 0 Å². The van der Waals surface area contributed by atoms with Gasteiger partial charge in [0.25, 0.3) is 0 Å². The second-order valence-corrected chi connectivity index (χ2v) is 5.22. The van der Waals surface area contributed by atoms with Crippen molar-refractivity contribution in [3.63, 3.8) is 0 Å². The van der Waals surface area contributed by atoms with Crippen molar-refractivity contribution in [2.45, 2.75) is 58.4 Å². The molecule has 0 amide bonds. The maximum Gasteiger partial charge on any atom is 0.169 e. The summed E-state index contributed by atoms with van der Waals surface area (Å²) in [6, 6.07) is 5.49. The predicted octanol–water partition coefficient (Wildman–Crippen LogP) is 4.85. The van der Waals surface area contributed by atoms with Crippen molar-refractivity contribution in [1.29, 1.82) is 0 Å². The van der Waals surface area contributed by atoms with Crippen molar-refractivity contribution in [3.8, 4) is 5.75 Å². The third-order valence-corrected chi connectivity index (χ3v) is 3.58. The van der Waals surface area contributed by atoms with E-state index in [1.165, 1.54) is 26.4 Å². The summed E-state index contributed by atoms with van der Waals surface area (Å²) in [5.41, 5.74) is 0.731. The van der Waals surface area contributed by atoms with Gasteiger partial charge < -0.3 is 10.1 Å². The average Bonchev–Trinajstić information content (AvgIpc) is 2.47. The largest absolute Gasteiger partial charge is 0.494 e. The van der Waals surface area contributed by atoms with E-state index < -0.39 is 0 Å². The van der Waals surface area contributed by atoms with E-state index >= 15 is 0 Å². The number of unbranched alkanes of at least 4 members (excludes halogenated alkanes) is 3. The fourth-order valence-electron chi connectivity index (χ4n) is 2.42. The number of halogens is 1. The van der Waals surface area contributed by atoms with Crippen LogP contribution in [0.25, 0.3) is 0 Å². The van der Waals surface area contributed by atoms with Gasteiger partial charge in [0.05, 0.1) is 7.11 Å². The van der Waals surface area contributed by atoms with Gasteiger partial charge in [-0.1, -0.05) is 51.7 Å². The Bertz CT molecular complexity index is 381. The molecule has 1 unspecified atom stereocenters. The molecule has 2 nitrogen and oxygen atoms in total. The van der Waals surface area contributed by atoms with Crippen LogP contribution in [0.3, 0.4) is 0 Å². The van der Waals surface area contributed by atoms with Gasteiger partial charge in [0.2, 0.25) is 0 Å². The minimum Gasteiger partial charge on any atom is -0.494 e. The van der Waals surface area contributed by atoms with Crippen LogP contribution in [0.4, 0.5) is 4.39 Å². The van der Waals surface area contributed by atoms with Crippen molar-refractivity contribution >= 4 is 0 Å². The Morgan fingerprint density at radius 2 is 1.95 bits per heavy atom. The zero-order chi connectivity index (χ0) is 14.8. The Hall–Kier alpha value is -1.09. The summed E-state index contributed by atoms with van der Waals surface area (Å²) in [6.07, 6.45) is 6.85. The Morgan fingerprint density at radius 1 is 1.15 bits per heavy atom.